The van der Waals surface area contributed by atoms with Crippen LogP contribution in [-0.2, 0) is 19.7 Å². The molecule has 0 bridgehead atoms. The molecule has 1 saturated heterocycles. The van der Waals surface area contributed by atoms with E-state index in [0.29, 0.717) is 19.6 Å². The van der Waals surface area contributed by atoms with Crippen molar-refractivity contribution < 1.29 is 24.2 Å². The molecule has 1 aliphatic carbocycles. The summed E-state index contributed by atoms with van der Waals surface area (Å²) in [6, 6.07) is 7.80. The van der Waals surface area contributed by atoms with Crippen LogP contribution in [0.5, 0.6) is 5.75 Å². The van der Waals surface area contributed by atoms with E-state index in [4.69, 9.17) is 9.47 Å². The molecule has 122 valence electrons. The molecule has 4 rings (SSSR count). The topological polar surface area (TPSA) is 84.9 Å². The fourth-order valence-electron chi connectivity index (χ4n) is 3.91. The van der Waals surface area contributed by atoms with Crippen LogP contribution in [0.15, 0.2) is 24.3 Å². The molecule has 1 aromatic carbocycles. The standard InChI is InChI=1S/C17H19NO5/c19-14(18-17(15(20)21)6-7-22-10-17)12-9-16(12)5-8-23-13-4-2-1-3-11(13)16/h1-4,12H,5-10H2,(H,18,19)(H,20,21)/t12-,16-,17?/m0/s1. The fraction of sp³-hybridized carbons (Fsp3) is 0.529. The summed E-state index contributed by atoms with van der Waals surface area (Å²) in [7, 11) is 0. The van der Waals surface area contributed by atoms with Crippen molar-refractivity contribution in [3.05, 3.63) is 29.8 Å². The summed E-state index contributed by atoms with van der Waals surface area (Å²) in [6.07, 6.45) is 1.85. The fourth-order valence-corrected chi connectivity index (χ4v) is 3.91. The molecule has 1 spiro atoms. The highest BCUT2D eigenvalue weighted by atomic mass is 16.5. The summed E-state index contributed by atoms with van der Waals surface area (Å²) >= 11 is 0. The van der Waals surface area contributed by atoms with Crippen LogP contribution in [0.4, 0.5) is 0 Å². The Morgan fingerprint density at radius 1 is 1.22 bits per heavy atom. The number of hydrogen-bond donors (Lipinski definition) is 2. The minimum Gasteiger partial charge on any atom is -0.493 e. The number of carboxylic acid groups (broad SMARTS) is 1. The van der Waals surface area contributed by atoms with Crippen molar-refractivity contribution >= 4 is 11.9 Å². The van der Waals surface area contributed by atoms with Crippen molar-refractivity contribution in [3.63, 3.8) is 0 Å². The number of fused-ring (bicyclic) bond motifs is 2. The number of nitrogens with one attached hydrogen (secondary N) is 1. The second-order valence-corrected chi connectivity index (χ2v) is 6.69. The highest BCUT2D eigenvalue weighted by molar-refractivity contribution is 5.91. The van der Waals surface area contributed by atoms with E-state index in [1.54, 1.807) is 0 Å². The van der Waals surface area contributed by atoms with Gasteiger partial charge in [-0.05, 0) is 18.9 Å². The Balaban J connectivity index is 1.55. The van der Waals surface area contributed by atoms with Gasteiger partial charge in [-0.3, -0.25) is 4.79 Å². The summed E-state index contributed by atoms with van der Waals surface area (Å²) in [6.45, 7) is 0.987. The lowest BCUT2D eigenvalue weighted by atomic mass is 9.87. The van der Waals surface area contributed by atoms with Crippen LogP contribution in [0, 0.1) is 5.92 Å². The van der Waals surface area contributed by atoms with E-state index < -0.39 is 11.5 Å². The maximum absolute atomic E-state index is 12.7. The maximum Gasteiger partial charge on any atom is 0.331 e. The van der Waals surface area contributed by atoms with Crippen molar-refractivity contribution in [1.82, 2.24) is 5.32 Å². The molecular formula is C17H19NO5. The van der Waals surface area contributed by atoms with E-state index in [-0.39, 0.29) is 23.8 Å². The normalized spacial score (nSPS) is 34.5. The zero-order chi connectivity index (χ0) is 16.1. The Morgan fingerprint density at radius 2 is 2.04 bits per heavy atom. The van der Waals surface area contributed by atoms with Crippen molar-refractivity contribution in [2.24, 2.45) is 5.92 Å². The van der Waals surface area contributed by atoms with Crippen LogP contribution in [0.2, 0.25) is 0 Å². The number of hydrogen-bond acceptors (Lipinski definition) is 4. The summed E-state index contributed by atoms with van der Waals surface area (Å²) in [4.78, 5) is 24.2. The molecule has 1 unspecified atom stereocenters. The van der Waals surface area contributed by atoms with Crippen molar-refractivity contribution in [2.45, 2.75) is 30.2 Å². The molecule has 1 amide bonds. The van der Waals surface area contributed by atoms with E-state index >= 15 is 0 Å². The molecule has 23 heavy (non-hydrogen) atoms. The number of carboxylic acids is 1. The van der Waals surface area contributed by atoms with Crippen LogP contribution >= 0.6 is 0 Å². The molecule has 1 saturated carbocycles. The predicted molar refractivity (Wildman–Crippen MR) is 80.3 cm³/mol. The zero-order valence-corrected chi connectivity index (χ0v) is 12.7. The van der Waals surface area contributed by atoms with Crippen LogP contribution < -0.4 is 10.1 Å². The van der Waals surface area contributed by atoms with Crippen molar-refractivity contribution in [3.8, 4) is 5.75 Å². The Bertz CT molecular complexity index is 667. The minimum atomic E-state index is -1.27. The molecular weight excluding hydrogens is 298 g/mol. The van der Waals surface area contributed by atoms with Gasteiger partial charge in [0, 0.05) is 29.9 Å². The Kier molecular flexibility index (Phi) is 3.13. The summed E-state index contributed by atoms with van der Waals surface area (Å²) in [5.74, 6) is -0.560. The van der Waals surface area contributed by atoms with E-state index in [2.05, 4.69) is 5.32 Å². The molecule has 0 radical (unpaired) electrons. The molecule has 2 aliphatic heterocycles. The highest BCUT2D eigenvalue weighted by Gasteiger charge is 2.62. The SMILES string of the molecule is O=C(NC1(C(=O)O)CCOC1)[C@@H]1C[C@]12CCOc1ccccc12. The van der Waals surface area contributed by atoms with Gasteiger partial charge < -0.3 is 19.9 Å². The molecule has 2 N–H and O–H groups in total. The van der Waals surface area contributed by atoms with Crippen LogP contribution in [0.1, 0.15) is 24.8 Å². The second-order valence-electron chi connectivity index (χ2n) is 6.69. The van der Waals surface area contributed by atoms with E-state index in [1.807, 2.05) is 24.3 Å². The van der Waals surface area contributed by atoms with Crippen LogP contribution in [0.25, 0.3) is 0 Å². The Labute approximate surface area is 133 Å². The first-order valence-corrected chi connectivity index (χ1v) is 7.93. The number of para-hydroxylation sites is 1. The molecule has 6 heteroatoms. The van der Waals surface area contributed by atoms with Gasteiger partial charge in [-0.25, -0.2) is 4.79 Å². The quantitative estimate of drug-likeness (QED) is 0.871. The third-order valence-electron chi connectivity index (χ3n) is 5.41. The Hall–Kier alpha value is -2.08. The number of carbonyl (C=O) groups is 2. The summed E-state index contributed by atoms with van der Waals surface area (Å²) < 4.78 is 10.9. The first kappa shape index (κ1) is 14.5. The first-order valence-electron chi connectivity index (χ1n) is 7.93. The lowest BCUT2D eigenvalue weighted by Gasteiger charge is -2.28. The molecule has 3 atom stereocenters. The lowest BCUT2D eigenvalue weighted by molar-refractivity contribution is -0.148. The second kappa shape index (κ2) is 4.96. The Morgan fingerprint density at radius 3 is 2.78 bits per heavy atom. The highest BCUT2D eigenvalue weighted by Crippen LogP contribution is 2.60. The molecule has 2 heterocycles. The number of carbonyl (C=O) groups excluding carboxylic acids is 1. The summed E-state index contributed by atoms with van der Waals surface area (Å²) in [5, 5.41) is 12.2. The van der Waals surface area contributed by atoms with Gasteiger partial charge in [0.25, 0.3) is 0 Å². The number of ether oxygens (including phenoxy) is 2. The van der Waals surface area contributed by atoms with Gasteiger partial charge in [0.1, 0.15) is 5.75 Å². The van der Waals surface area contributed by atoms with E-state index in [9.17, 15) is 14.7 Å². The number of amides is 1. The molecule has 1 aromatic rings. The minimum absolute atomic E-state index is 0.0352. The van der Waals surface area contributed by atoms with Crippen molar-refractivity contribution in [1.29, 1.82) is 0 Å². The van der Waals surface area contributed by atoms with Crippen molar-refractivity contribution in [2.75, 3.05) is 19.8 Å². The van der Waals surface area contributed by atoms with Gasteiger partial charge in [-0.15, -0.1) is 0 Å². The number of benzene rings is 1. The largest absolute Gasteiger partial charge is 0.493 e. The first-order chi connectivity index (χ1) is 11.1. The molecule has 2 fully saturated rings. The average molecular weight is 317 g/mol. The van der Waals surface area contributed by atoms with Gasteiger partial charge in [0.05, 0.1) is 13.2 Å². The predicted octanol–water partition coefficient (Wildman–Crippen LogP) is 1.09. The third kappa shape index (κ3) is 2.12. The molecule has 3 aliphatic rings. The van der Waals surface area contributed by atoms with E-state index in [0.717, 1.165) is 24.2 Å². The molecule has 0 aromatic heterocycles. The number of rotatable bonds is 3. The summed E-state index contributed by atoms with van der Waals surface area (Å²) in [5.41, 5.74) is -0.401. The van der Waals surface area contributed by atoms with Gasteiger partial charge in [-0.1, -0.05) is 18.2 Å². The van der Waals surface area contributed by atoms with Crippen LogP contribution in [-0.4, -0.2) is 42.3 Å². The van der Waals surface area contributed by atoms with Gasteiger partial charge in [0.15, 0.2) is 5.54 Å². The van der Waals surface area contributed by atoms with E-state index in [1.165, 1.54) is 0 Å². The van der Waals surface area contributed by atoms with Gasteiger partial charge in [-0.2, -0.15) is 0 Å². The van der Waals surface area contributed by atoms with Gasteiger partial charge >= 0.3 is 5.97 Å². The average Bonchev–Trinajstić information content (AvgIpc) is 3.05. The lowest BCUT2D eigenvalue weighted by Crippen LogP contribution is -2.56. The molecule has 6 nitrogen and oxygen atoms in total. The maximum atomic E-state index is 12.7. The third-order valence-corrected chi connectivity index (χ3v) is 5.41. The zero-order valence-electron chi connectivity index (χ0n) is 12.7. The monoisotopic (exact) mass is 317 g/mol. The van der Waals surface area contributed by atoms with Crippen LogP contribution in [0.3, 0.4) is 0 Å². The number of aliphatic carboxylic acids is 1. The smallest absolute Gasteiger partial charge is 0.331 e. The van der Waals surface area contributed by atoms with Gasteiger partial charge in [0.2, 0.25) is 5.91 Å².